The number of nitrogens with one attached hydrogen (secondary N) is 2. The summed E-state index contributed by atoms with van der Waals surface area (Å²) >= 11 is 1.40. The predicted molar refractivity (Wildman–Crippen MR) is 126 cm³/mol. The minimum Gasteiger partial charge on any atom is -0.353 e. The van der Waals surface area contributed by atoms with Gasteiger partial charge in [0, 0.05) is 10.9 Å². The molecule has 4 nitrogen and oxygen atoms in total. The van der Waals surface area contributed by atoms with Crippen molar-refractivity contribution < 1.29 is 9.59 Å². The fraction of sp³-hybridized carbons (Fsp3) is 0.231. The van der Waals surface area contributed by atoms with Crippen molar-refractivity contribution in [2.24, 2.45) is 0 Å². The Morgan fingerprint density at radius 2 is 1.55 bits per heavy atom. The molecule has 1 aliphatic carbocycles. The second-order valence-corrected chi connectivity index (χ2v) is 8.83. The van der Waals surface area contributed by atoms with Crippen LogP contribution < -0.4 is 10.6 Å². The first-order valence-electron chi connectivity index (χ1n) is 10.6. The lowest BCUT2D eigenvalue weighted by atomic mass is 10.0. The Morgan fingerprint density at radius 1 is 0.903 bits per heavy atom. The summed E-state index contributed by atoms with van der Waals surface area (Å²) in [4.78, 5) is 25.8. The maximum absolute atomic E-state index is 12.9. The van der Waals surface area contributed by atoms with Crippen molar-refractivity contribution in [3.8, 4) is 11.1 Å². The van der Waals surface area contributed by atoms with E-state index in [-0.39, 0.29) is 17.9 Å². The molecule has 2 amide bonds. The Morgan fingerprint density at radius 3 is 2.26 bits per heavy atom. The lowest BCUT2D eigenvalue weighted by Crippen LogP contribution is -2.28. The summed E-state index contributed by atoms with van der Waals surface area (Å²) < 4.78 is 0. The number of carbonyl (C=O) groups excluding carboxylic acids is 2. The van der Waals surface area contributed by atoms with Crippen LogP contribution >= 0.6 is 11.8 Å². The van der Waals surface area contributed by atoms with Crippen LogP contribution in [-0.4, -0.2) is 23.6 Å². The molecule has 158 valence electrons. The van der Waals surface area contributed by atoms with Gasteiger partial charge in [0.25, 0.3) is 5.91 Å². The Labute approximate surface area is 187 Å². The molecule has 1 atom stereocenters. The maximum atomic E-state index is 12.9. The van der Waals surface area contributed by atoms with E-state index in [1.54, 1.807) is 0 Å². The zero-order valence-corrected chi connectivity index (χ0v) is 18.3. The number of carbonyl (C=O) groups is 2. The zero-order valence-electron chi connectivity index (χ0n) is 17.5. The quantitative estimate of drug-likeness (QED) is 0.482. The fourth-order valence-corrected chi connectivity index (χ4v) is 4.23. The van der Waals surface area contributed by atoms with Crippen molar-refractivity contribution in [1.82, 2.24) is 10.6 Å². The first-order chi connectivity index (χ1) is 15.1. The monoisotopic (exact) mass is 430 g/mol. The zero-order chi connectivity index (χ0) is 21.6. The lowest BCUT2D eigenvalue weighted by molar-refractivity contribution is -0.118. The Bertz CT molecular complexity index is 1050. The molecule has 31 heavy (non-hydrogen) atoms. The highest BCUT2D eigenvalue weighted by Gasteiger charge is 2.23. The number of hydrogen-bond acceptors (Lipinski definition) is 3. The number of rotatable bonds is 8. The molecule has 0 aromatic heterocycles. The number of thioether (sulfide) groups is 1. The van der Waals surface area contributed by atoms with Crippen LogP contribution in [0.4, 0.5) is 0 Å². The number of hydrogen-bond donors (Lipinski definition) is 2. The first-order valence-corrected chi connectivity index (χ1v) is 11.6. The molecule has 2 N–H and O–H groups in total. The molecule has 1 saturated carbocycles. The molecule has 0 heterocycles. The van der Waals surface area contributed by atoms with Gasteiger partial charge < -0.3 is 10.6 Å². The SMILES string of the molecule is C[C@@H](NC(=O)c1ccccc1SCC(=O)NC1CC1)c1ccc(-c2ccccc2)cc1. The molecule has 1 aliphatic rings. The molecular formula is C26H26N2O2S. The minimum absolute atomic E-state index is 0.0228. The second-order valence-electron chi connectivity index (χ2n) is 7.81. The van der Waals surface area contributed by atoms with Crippen LogP contribution in [0.1, 0.15) is 41.7 Å². The smallest absolute Gasteiger partial charge is 0.252 e. The average Bonchev–Trinajstić information content (AvgIpc) is 3.62. The van der Waals surface area contributed by atoms with E-state index in [0.717, 1.165) is 28.9 Å². The van der Waals surface area contributed by atoms with Crippen molar-refractivity contribution in [1.29, 1.82) is 0 Å². The molecule has 5 heteroatoms. The van der Waals surface area contributed by atoms with E-state index in [9.17, 15) is 9.59 Å². The molecule has 0 bridgehead atoms. The van der Waals surface area contributed by atoms with Gasteiger partial charge in [0.15, 0.2) is 0 Å². The third-order valence-corrected chi connectivity index (χ3v) is 6.37. The van der Waals surface area contributed by atoms with Crippen molar-refractivity contribution in [2.45, 2.75) is 36.7 Å². The van der Waals surface area contributed by atoms with Crippen molar-refractivity contribution in [2.75, 3.05) is 5.75 Å². The summed E-state index contributed by atoms with van der Waals surface area (Å²) in [5.74, 6) is 0.206. The van der Waals surface area contributed by atoms with Crippen LogP contribution in [0.25, 0.3) is 11.1 Å². The Balaban J connectivity index is 1.39. The summed E-state index contributed by atoms with van der Waals surface area (Å²) in [5, 5.41) is 6.07. The number of amides is 2. The third kappa shape index (κ3) is 5.76. The molecule has 0 saturated heterocycles. The summed E-state index contributed by atoms with van der Waals surface area (Å²) in [6.45, 7) is 1.98. The topological polar surface area (TPSA) is 58.2 Å². The molecule has 3 aromatic carbocycles. The van der Waals surface area contributed by atoms with Crippen LogP contribution in [0, 0.1) is 0 Å². The van der Waals surface area contributed by atoms with E-state index in [1.165, 1.54) is 17.3 Å². The van der Waals surface area contributed by atoms with Gasteiger partial charge in [-0.25, -0.2) is 0 Å². The van der Waals surface area contributed by atoms with Crippen LogP contribution in [0.2, 0.25) is 0 Å². The normalized spacial score (nSPS) is 14.0. The lowest BCUT2D eigenvalue weighted by Gasteiger charge is -2.16. The average molecular weight is 431 g/mol. The van der Waals surface area contributed by atoms with E-state index >= 15 is 0 Å². The molecule has 1 fully saturated rings. The van der Waals surface area contributed by atoms with Crippen molar-refractivity contribution >= 4 is 23.6 Å². The van der Waals surface area contributed by atoms with Gasteiger partial charge in [0.2, 0.25) is 5.91 Å². The summed E-state index contributed by atoms with van der Waals surface area (Å²) in [5.41, 5.74) is 3.96. The number of benzene rings is 3. The van der Waals surface area contributed by atoms with Crippen LogP contribution in [0.15, 0.2) is 83.8 Å². The first kappa shape index (κ1) is 21.2. The highest BCUT2D eigenvalue weighted by atomic mass is 32.2. The van der Waals surface area contributed by atoms with Gasteiger partial charge in [-0.15, -0.1) is 11.8 Å². The third-order valence-electron chi connectivity index (χ3n) is 5.30. The maximum Gasteiger partial charge on any atom is 0.252 e. The van der Waals surface area contributed by atoms with Gasteiger partial charge in [-0.05, 0) is 48.6 Å². The summed E-state index contributed by atoms with van der Waals surface area (Å²) in [6.07, 6.45) is 2.14. The highest BCUT2D eigenvalue weighted by molar-refractivity contribution is 8.00. The fourth-order valence-electron chi connectivity index (χ4n) is 3.37. The van der Waals surface area contributed by atoms with Gasteiger partial charge in [-0.2, -0.15) is 0 Å². The van der Waals surface area contributed by atoms with Crippen LogP contribution in [-0.2, 0) is 4.79 Å². The summed E-state index contributed by atoms with van der Waals surface area (Å²) in [7, 11) is 0. The Hall–Kier alpha value is -3.05. The molecule has 3 aromatic rings. The van der Waals surface area contributed by atoms with Gasteiger partial charge in [0.1, 0.15) is 0 Å². The highest BCUT2D eigenvalue weighted by Crippen LogP contribution is 2.25. The van der Waals surface area contributed by atoms with Crippen LogP contribution in [0.3, 0.4) is 0 Å². The largest absolute Gasteiger partial charge is 0.353 e. The molecule has 0 aliphatic heterocycles. The Kier molecular flexibility index (Phi) is 6.73. The molecular weight excluding hydrogens is 404 g/mol. The summed E-state index contributed by atoms with van der Waals surface area (Å²) in [6, 6.07) is 26.1. The standard InChI is InChI=1S/C26H26N2O2S/c1-18(19-11-13-21(14-12-19)20-7-3-2-4-8-20)27-26(30)23-9-5-6-10-24(23)31-17-25(29)28-22-15-16-22/h2-14,18,22H,15-17H2,1H3,(H,27,30)(H,28,29)/t18-/m1/s1. The van der Waals surface area contributed by atoms with E-state index in [0.29, 0.717) is 17.4 Å². The van der Waals surface area contributed by atoms with Crippen molar-refractivity contribution in [3.63, 3.8) is 0 Å². The van der Waals surface area contributed by atoms with E-state index < -0.39 is 0 Å². The predicted octanol–water partition coefficient (Wildman–Crippen LogP) is 5.22. The van der Waals surface area contributed by atoms with Gasteiger partial charge in [-0.3, -0.25) is 9.59 Å². The van der Waals surface area contributed by atoms with Gasteiger partial charge in [0.05, 0.1) is 17.4 Å². The molecule has 0 radical (unpaired) electrons. The minimum atomic E-state index is -0.134. The van der Waals surface area contributed by atoms with Crippen LogP contribution in [0.5, 0.6) is 0 Å². The van der Waals surface area contributed by atoms with Crippen molar-refractivity contribution in [3.05, 3.63) is 90.0 Å². The van der Waals surface area contributed by atoms with E-state index in [4.69, 9.17) is 0 Å². The van der Waals surface area contributed by atoms with Gasteiger partial charge >= 0.3 is 0 Å². The molecule has 0 spiro atoms. The second kappa shape index (κ2) is 9.84. The van der Waals surface area contributed by atoms with E-state index in [1.807, 2.05) is 49.4 Å². The van der Waals surface area contributed by atoms with E-state index in [2.05, 4.69) is 47.0 Å². The molecule has 0 unspecified atom stereocenters. The van der Waals surface area contributed by atoms with Gasteiger partial charge in [-0.1, -0.05) is 66.7 Å². The molecule has 4 rings (SSSR count).